The Bertz CT molecular complexity index is 181. The van der Waals surface area contributed by atoms with Gasteiger partial charge in [0.15, 0.2) is 6.10 Å². The monoisotopic (exact) mass is 211 g/mol. The van der Waals surface area contributed by atoms with Crippen LogP contribution in [0.3, 0.4) is 0 Å². The molecule has 2 N–H and O–H groups in total. The van der Waals surface area contributed by atoms with E-state index in [1.54, 1.807) is 0 Å². The van der Waals surface area contributed by atoms with Crippen molar-refractivity contribution in [3.8, 4) is 0 Å². The van der Waals surface area contributed by atoms with Crippen molar-refractivity contribution in [3.05, 3.63) is 0 Å². The normalized spacial score (nSPS) is 30.6. The fourth-order valence-electron chi connectivity index (χ4n) is 1.83. The zero-order valence-electron chi connectivity index (χ0n) is 8.14. The van der Waals surface area contributed by atoms with E-state index in [0.717, 1.165) is 19.3 Å². The fraction of sp³-hybridized carbons (Fsp3) is 1.00. The van der Waals surface area contributed by atoms with Gasteiger partial charge in [0.2, 0.25) is 0 Å². The molecular formula is C9H16F3NO. The summed E-state index contributed by atoms with van der Waals surface area (Å²) in [5.41, 5.74) is 0. The molecule has 1 aliphatic carbocycles. The number of nitrogens with one attached hydrogen (secondary N) is 1. The number of alkyl halides is 3. The van der Waals surface area contributed by atoms with Gasteiger partial charge in [-0.3, -0.25) is 0 Å². The Hall–Kier alpha value is -0.290. The maximum Gasteiger partial charge on any atom is 0.415 e. The third-order valence-corrected chi connectivity index (χ3v) is 2.81. The van der Waals surface area contributed by atoms with Crippen molar-refractivity contribution >= 4 is 0 Å². The summed E-state index contributed by atoms with van der Waals surface area (Å²) < 4.78 is 35.8. The predicted molar refractivity (Wildman–Crippen MR) is 46.9 cm³/mol. The van der Waals surface area contributed by atoms with Gasteiger partial charge in [-0.25, -0.2) is 0 Å². The number of halogens is 3. The standard InChI is InChI=1S/C9H16F3NO/c1-6-3-2-4-7(6)13-5-8(14)9(10,11)12/h6-8,13-14H,2-5H2,1H3. The first-order chi connectivity index (χ1) is 6.41. The second-order valence-electron chi connectivity index (χ2n) is 3.98. The fourth-order valence-corrected chi connectivity index (χ4v) is 1.83. The molecule has 0 aromatic rings. The molecule has 1 saturated carbocycles. The minimum Gasteiger partial charge on any atom is -0.382 e. The maximum atomic E-state index is 11.9. The lowest BCUT2D eigenvalue weighted by atomic mass is 10.1. The molecule has 1 fully saturated rings. The molecule has 0 radical (unpaired) electrons. The van der Waals surface area contributed by atoms with E-state index in [-0.39, 0.29) is 6.04 Å². The number of aliphatic hydroxyl groups excluding tert-OH is 1. The largest absolute Gasteiger partial charge is 0.415 e. The van der Waals surface area contributed by atoms with E-state index in [9.17, 15) is 13.2 Å². The summed E-state index contributed by atoms with van der Waals surface area (Å²) >= 11 is 0. The molecule has 5 heteroatoms. The van der Waals surface area contributed by atoms with Crippen molar-refractivity contribution in [2.24, 2.45) is 5.92 Å². The minimum atomic E-state index is -4.51. The Kier molecular flexibility index (Phi) is 3.78. The summed E-state index contributed by atoms with van der Waals surface area (Å²) in [5.74, 6) is 0.412. The topological polar surface area (TPSA) is 32.3 Å². The van der Waals surface area contributed by atoms with E-state index in [2.05, 4.69) is 5.32 Å². The van der Waals surface area contributed by atoms with Gasteiger partial charge in [0.05, 0.1) is 0 Å². The molecule has 1 rings (SSSR count). The Morgan fingerprint density at radius 3 is 2.50 bits per heavy atom. The first-order valence-corrected chi connectivity index (χ1v) is 4.89. The van der Waals surface area contributed by atoms with Crippen LogP contribution in [0, 0.1) is 5.92 Å². The molecule has 0 spiro atoms. The van der Waals surface area contributed by atoms with Crippen molar-refractivity contribution in [3.63, 3.8) is 0 Å². The van der Waals surface area contributed by atoms with E-state index in [1.165, 1.54) is 0 Å². The predicted octanol–water partition coefficient (Wildman–Crippen LogP) is 1.69. The number of rotatable bonds is 3. The van der Waals surface area contributed by atoms with Gasteiger partial charge < -0.3 is 10.4 Å². The zero-order chi connectivity index (χ0) is 10.8. The zero-order valence-corrected chi connectivity index (χ0v) is 8.14. The van der Waals surface area contributed by atoms with Crippen LogP contribution in [0.2, 0.25) is 0 Å². The van der Waals surface area contributed by atoms with Crippen molar-refractivity contribution in [2.75, 3.05) is 6.54 Å². The number of aliphatic hydroxyl groups is 1. The second-order valence-corrected chi connectivity index (χ2v) is 3.98. The quantitative estimate of drug-likeness (QED) is 0.744. The van der Waals surface area contributed by atoms with Crippen LogP contribution in [0.25, 0.3) is 0 Å². The van der Waals surface area contributed by atoms with Gasteiger partial charge in [0.25, 0.3) is 0 Å². The van der Waals surface area contributed by atoms with E-state index in [4.69, 9.17) is 5.11 Å². The van der Waals surface area contributed by atoms with Crippen LogP contribution < -0.4 is 5.32 Å². The highest BCUT2D eigenvalue weighted by Gasteiger charge is 2.38. The van der Waals surface area contributed by atoms with Crippen LogP contribution >= 0.6 is 0 Å². The first-order valence-electron chi connectivity index (χ1n) is 4.89. The minimum absolute atomic E-state index is 0.131. The Balaban J connectivity index is 2.26. The van der Waals surface area contributed by atoms with E-state index in [0.29, 0.717) is 5.92 Å². The maximum absolute atomic E-state index is 11.9. The molecule has 0 bridgehead atoms. The molecule has 0 aliphatic heterocycles. The van der Waals surface area contributed by atoms with Gasteiger partial charge >= 0.3 is 6.18 Å². The van der Waals surface area contributed by atoms with Gasteiger partial charge in [-0.15, -0.1) is 0 Å². The molecule has 3 atom stereocenters. The molecule has 0 aromatic carbocycles. The smallest absolute Gasteiger partial charge is 0.382 e. The third kappa shape index (κ3) is 3.13. The molecule has 2 nitrogen and oxygen atoms in total. The molecule has 3 unspecified atom stereocenters. The van der Waals surface area contributed by atoms with Gasteiger partial charge in [-0.2, -0.15) is 13.2 Å². The average Bonchev–Trinajstić information content (AvgIpc) is 2.45. The summed E-state index contributed by atoms with van der Waals surface area (Å²) in [5, 5.41) is 11.5. The Morgan fingerprint density at radius 1 is 1.43 bits per heavy atom. The molecule has 1 aliphatic rings. The van der Waals surface area contributed by atoms with Crippen molar-refractivity contribution < 1.29 is 18.3 Å². The highest BCUT2D eigenvalue weighted by atomic mass is 19.4. The SMILES string of the molecule is CC1CCCC1NCC(O)C(F)(F)F. The lowest BCUT2D eigenvalue weighted by Crippen LogP contribution is -2.43. The highest BCUT2D eigenvalue weighted by molar-refractivity contribution is 4.82. The summed E-state index contributed by atoms with van der Waals surface area (Å²) in [6.07, 6.45) is -3.73. The lowest BCUT2D eigenvalue weighted by Gasteiger charge is -2.21. The summed E-state index contributed by atoms with van der Waals surface area (Å²) in [6, 6.07) is 0.131. The van der Waals surface area contributed by atoms with E-state index < -0.39 is 18.8 Å². The van der Waals surface area contributed by atoms with Crippen molar-refractivity contribution in [1.82, 2.24) is 5.32 Å². The molecule has 14 heavy (non-hydrogen) atoms. The average molecular weight is 211 g/mol. The molecule has 0 aromatic heterocycles. The van der Waals surface area contributed by atoms with Gasteiger partial charge in [-0.05, 0) is 18.8 Å². The molecule has 0 heterocycles. The Labute approximate surface area is 81.5 Å². The number of hydrogen-bond acceptors (Lipinski definition) is 2. The highest BCUT2D eigenvalue weighted by Crippen LogP contribution is 2.25. The van der Waals surface area contributed by atoms with Crippen LogP contribution in [0.4, 0.5) is 13.2 Å². The van der Waals surface area contributed by atoms with E-state index >= 15 is 0 Å². The van der Waals surface area contributed by atoms with Crippen LogP contribution in [0.1, 0.15) is 26.2 Å². The van der Waals surface area contributed by atoms with Crippen LogP contribution in [-0.4, -0.2) is 30.0 Å². The molecule has 0 amide bonds. The van der Waals surface area contributed by atoms with Crippen molar-refractivity contribution in [1.29, 1.82) is 0 Å². The summed E-state index contributed by atoms with van der Waals surface area (Å²) in [7, 11) is 0. The number of hydrogen-bond donors (Lipinski definition) is 2. The lowest BCUT2D eigenvalue weighted by molar-refractivity contribution is -0.202. The van der Waals surface area contributed by atoms with Crippen LogP contribution in [-0.2, 0) is 0 Å². The van der Waals surface area contributed by atoms with Gasteiger partial charge in [-0.1, -0.05) is 13.3 Å². The molecule has 0 saturated heterocycles. The van der Waals surface area contributed by atoms with Gasteiger partial charge in [0.1, 0.15) is 0 Å². The van der Waals surface area contributed by atoms with Crippen LogP contribution in [0.15, 0.2) is 0 Å². The van der Waals surface area contributed by atoms with Crippen molar-refractivity contribution in [2.45, 2.75) is 44.5 Å². The van der Waals surface area contributed by atoms with E-state index in [1.807, 2.05) is 6.92 Å². The third-order valence-electron chi connectivity index (χ3n) is 2.81. The Morgan fingerprint density at radius 2 is 2.07 bits per heavy atom. The molecular weight excluding hydrogens is 195 g/mol. The first kappa shape index (κ1) is 11.8. The summed E-state index contributed by atoms with van der Waals surface area (Å²) in [6.45, 7) is 1.63. The molecule has 84 valence electrons. The van der Waals surface area contributed by atoms with Gasteiger partial charge in [0, 0.05) is 12.6 Å². The summed E-state index contributed by atoms with van der Waals surface area (Å²) in [4.78, 5) is 0. The van der Waals surface area contributed by atoms with Crippen LogP contribution in [0.5, 0.6) is 0 Å². The second kappa shape index (κ2) is 4.49.